The lowest BCUT2D eigenvalue weighted by Crippen LogP contribution is -2.18. The number of pyridine rings is 1. The van der Waals surface area contributed by atoms with Crippen molar-refractivity contribution in [2.24, 2.45) is 0 Å². The van der Waals surface area contributed by atoms with Gasteiger partial charge in [-0.2, -0.15) is 0 Å². The number of halogens is 4. The van der Waals surface area contributed by atoms with Gasteiger partial charge in [0.05, 0.1) is 6.07 Å². The van der Waals surface area contributed by atoms with Gasteiger partial charge in [-0.3, -0.25) is 0 Å². The van der Waals surface area contributed by atoms with E-state index in [4.69, 9.17) is 0 Å². The third-order valence-electron chi connectivity index (χ3n) is 1.85. The Balaban J connectivity index is 3.28. The van der Waals surface area contributed by atoms with E-state index in [1.165, 1.54) is 0 Å². The third kappa shape index (κ3) is 3.26. The molecular formula is C8H6F4N2O3. The second-order valence-corrected chi connectivity index (χ2v) is 2.99. The van der Waals surface area contributed by atoms with E-state index in [0.29, 0.717) is 6.07 Å². The number of aromatic nitrogens is 1. The van der Waals surface area contributed by atoms with Gasteiger partial charge < -0.3 is 14.9 Å². The zero-order chi connectivity index (χ0) is 13.2. The number of ether oxygens (including phenoxy) is 1. The van der Waals surface area contributed by atoms with Crippen molar-refractivity contribution < 1.29 is 27.2 Å². The van der Waals surface area contributed by atoms with E-state index in [1.807, 2.05) is 0 Å². The highest BCUT2D eigenvalue weighted by Crippen LogP contribution is 2.30. The molecule has 1 aromatic heterocycles. The predicted molar refractivity (Wildman–Crippen MR) is 47.1 cm³/mol. The van der Waals surface area contributed by atoms with Crippen LogP contribution in [0.3, 0.4) is 0 Å². The Morgan fingerprint density at radius 2 is 2.12 bits per heavy atom. The molecule has 0 unspecified atom stereocenters. The van der Waals surface area contributed by atoms with E-state index in [9.17, 15) is 27.7 Å². The second-order valence-electron chi connectivity index (χ2n) is 2.99. The maximum Gasteiger partial charge on any atom is 0.573 e. The number of alkyl halides is 4. The van der Waals surface area contributed by atoms with Gasteiger partial charge in [0, 0.05) is 5.56 Å². The first-order valence-corrected chi connectivity index (χ1v) is 4.21. The largest absolute Gasteiger partial charge is 0.573 e. The minimum absolute atomic E-state index is 0.226. The molecule has 1 rings (SSSR count). The third-order valence-corrected chi connectivity index (χ3v) is 1.85. The van der Waals surface area contributed by atoms with Crippen molar-refractivity contribution in [2.45, 2.75) is 20.0 Å². The fourth-order valence-electron chi connectivity index (χ4n) is 1.08. The molecule has 0 atom stereocenters. The van der Waals surface area contributed by atoms with Gasteiger partial charge in [0.1, 0.15) is 5.75 Å². The monoisotopic (exact) mass is 254 g/mol. The Hall–Kier alpha value is -1.93. The maximum absolute atomic E-state index is 12.4. The molecule has 0 saturated heterocycles. The van der Waals surface area contributed by atoms with Gasteiger partial charge in [-0.1, -0.05) is 0 Å². The van der Waals surface area contributed by atoms with Crippen molar-refractivity contribution in [3.8, 4) is 5.75 Å². The van der Waals surface area contributed by atoms with Crippen molar-refractivity contribution in [3.05, 3.63) is 27.4 Å². The summed E-state index contributed by atoms with van der Waals surface area (Å²) in [6.45, 7) is -0.0888. The summed E-state index contributed by atoms with van der Waals surface area (Å²) in [5.41, 5.74) is -0.686. The van der Waals surface area contributed by atoms with Crippen molar-refractivity contribution in [2.75, 3.05) is 0 Å². The normalized spacial score (nSPS) is 11.4. The Kier molecular flexibility index (Phi) is 3.49. The van der Waals surface area contributed by atoms with Gasteiger partial charge in [0.15, 0.2) is 12.4 Å². The van der Waals surface area contributed by atoms with E-state index in [2.05, 4.69) is 9.72 Å². The SMILES string of the molecule is Cc1c(OC(F)(F)F)cc([N+](=O)[O-])nc1CF. The van der Waals surface area contributed by atoms with E-state index in [0.717, 1.165) is 6.92 Å². The van der Waals surface area contributed by atoms with Crippen LogP contribution < -0.4 is 4.74 Å². The molecular weight excluding hydrogens is 248 g/mol. The zero-order valence-electron chi connectivity index (χ0n) is 8.42. The van der Waals surface area contributed by atoms with Gasteiger partial charge >= 0.3 is 12.2 Å². The molecule has 0 saturated carbocycles. The summed E-state index contributed by atoms with van der Waals surface area (Å²) in [5, 5.41) is 10.4. The maximum atomic E-state index is 12.4. The van der Waals surface area contributed by atoms with Crippen LogP contribution >= 0.6 is 0 Å². The van der Waals surface area contributed by atoms with Gasteiger partial charge in [-0.05, 0) is 16.8 Å². The number of rotatable bonds is 3. The quantitative estimate of drug-likeness (QED) is 0.472. The van der Waals surface area contributed by atoms with Gasteiger partial charge in [0.2, 0.25) is 0 Å². The molecule has 5 nitrogen and oxygen atoms in total. The molecule has 0 bridgehead atoms. The van der Waals surface area contributed by atoms with E-state index in [-0.39, 0.29) is 5.56 Å². The Labute approximate surface area is 92.2 Å². The highest BCUT2D eigenvalue weighted by atomic mass is 19.4. The Morgan fingerprint density at radius 1 is 1.53 bits per heavy atom. The summed E-state index contributed by atoms with van der Waals surface area (Å²) in [4.78, 5) is 12.6. The average molecular weight is 254 g/mol. The Morgan fingerprint density at radius 3 is 2.53 bits per heavy atom. The van der Waals surface area contributed by atoms with Crippen LogP contribution in [-0.4, -0.2) is 16.3 Å². The molecule has 0 aliphatic carbocycles. The molecule has 0 spiro atoms. The molecule has 0 amide bonds. The van der Waals surface area contributed by atoms with E-state index >= 15 is 0 Å². The fraction of sp³-hybridized carbons (Fsp3) is 0.375. The lowest BCUT2D eigenvalue weighted by Gasteiger charge is -2.11. The molecule has 17 heavy (non-hydrogen) atoms. The highest BCUT2D eigenvalue weighted by Gasteiger charge is 2.33. The molecule has 0 radical (unpaired) electrons. The molecule has 0 N–H and O–H groups in total. The summed E-state index contributed by atoms with van der Waals surface area (Å²) < 4.78 is 51.9. The summed E-state index contributed by atoms with van der Waals surface area (Å²) in [6, 6.07) is 0.502. The molecule has 0 aliphatic rings. The van der Waals surface area contributed by atoms with E-state index in [1.54, 1.807) is 0 Å². The summed E-state index contributed by atoms with van der Waals surface area (Å²) >= 11 is 0. The van der Waals surface area contributed by atoms with Crippen LogP contribution in [0.15, 0.2) is 6.07 Å². The first-order valence-electron chi connectivity index (χ1n) is 4.21. The molecule has 1 heterocycles. The number of nitrogens with zero attached hydrogens (tertiary/aromatic N) is 2. The predicted octanol–water partition coefficient (Wildman–Crippen LogP) is 2.67. The van der Waals surface area contributed by atoms with Crippen LogP contribution in [0.2, 0.25) is 0 Å². The minimum atomic E-state index is -5.01. The van der Waals surface area contributed by atoms with Gasteiger partial charge in [0.25, 0.3) is 0 Å². The summed E-state index contributed by atoms with van der Waals surface area (Å²) in [7, 11) is 0. The van der Waals surface area contributed by atoms with E-state index < -0.39 is 35.2 Å². The summed E-state index contributed by atoms with van der Waals surface area (Å²) in [5.74, 6) is -1.73. The van der Waals surface area contributed by atoms with Crippen LogP contribution in [0, 0.1) is 17.0 Å². The minimum Gasteiger partial charge on any atom is -0.405 e. The van der Waals surface area contributed by atoms with Crippen LogP contribution in [0.1, 0.15) is 11.3 Å². The lowest BCUT2D eigenvalue weighted by molar-refractivity contribution is -0.389. The highest BCUT2D eigenvalue weighted by molar-refractivity contribution is 5.42. The smallest absolute Gasteiger partial charge is 0.405 e. The topological polar surface area (TPSA) is 65.3 Å². The van der Waals surface area contributed by atoms with Crippen LogP contribution in [0.4, 0.5) is 23.4 Å². The molecule has 9 heteroatoms. The fourth-order valence-corrected chi connectivity index (χ4v) is 1.08. The molecule has 1 aromatic rings. The number of hydrogen-bond acceptors (Lipinski definition) is 4. The zero-order valence-corrected chi connectivity index (χ0v) is 8.42. The van der Waals surface area contributed by atoms with Gasteiger partial charge in [-0.15, -0.1) is 13.2 Å². The van der Waals surface area contributed by atoms with Crippen LogP contribution in [0.5, 0.6) is 5.75 Å². The molecule has 0 fully saturated rings. The first kappa shape index (κ1) is 13.1. The molecule has 94 valence electrons. The lowest BCUT2D eigenvalue weighted by atomic mass is 10.2. The second kappa shape index (κ2) is 4.52. The van der Waals surface area contributed by atoms with Crippen molar-refractivity contribution >= 4 is 5.82 Å². The number of hydrogen-bond donors (Lipinski definition) is 0. The Bertz CT molecular complexity index is 447. The first-order chi connectivity index (χ1) is 7.74. The molecule has 0 aliphatic heterocycles. The number of nitro groups is 1. The summed E-state index contributed by atoms with van der Waals surface area (Å²) in [6.07, 6.45) is -5.01. The standard InChI is InChI=1S/C8H6F4N2O3/c1-4-5(3-9)13-7(14(15)16)2-6(4)17-8(10,11)12/h2H,3H2,1H3. The van der Waals surface area contributed by atoms with Crippen LogP contribution in [-0.2, 0) is 6.67 Å². The van der Waals surface area contributed by atoms with Crippen molar-refractivity contribution in [1.29, 1.82) is 0 Å². The average Bonchev–Trinajstić information content (AvgIpc) is 2.18. The van der Waals surface area contributed by atoms with Crippen molar-refractivity contribution in [1.82, 2.24) is 4.98 Å². The molecule has 0 aromatic carbocycles. The van der Waals surface area contributed by atoms with Crippen LogP contribution in [0.25, 0.3) is 0 Å². The van der Waals surface area contributed by atoms with Gasteiger partial charge in [-0.25, -0.2) is 4.39 Å². The van der Waals surface area contributed by atoms with Crippen molar-refractivity contribution in [3.63, 3.8) is 0 Å².